The Morgan fingerprint density at radius 1 is 1.09 bits per heavy atom. The van der Waals surface area contributed by atoms with E-state index in [4.69, 9.17) is 11.5 Å². The number of amides is 2. The summed E-state index contributed by atoms with van der Waals surface area (Å²) in [6.07, 6.45) is 4.21. The molecule has 0 bridgehead atoms. The van der Waals surface area contributed by atoms with Gasteiger partial charge in [-0.2, -0.15) is 4.98 Å². The van der Waals surface area contributed by atoms with E-state index in [9.17, 15) is 9.59 Å². The van der Waals surface area contributed by atoms with Crippen molar-refractivity contribution in [3.63, 3.8) is 0 Å². The van der Waals surface area contributed by atoms with Crippen LogP contribution in [0, 0.1) is 17.8 Å². The molecule has 1 aromatic heterocycles. The largest absolute Gasteiger partial charge is 0.354 e. The van der Waals surface area contributed by atoms with Crippen LogP contribution < -0.4 is 22.5 Å². The molecule has 0 spiro atoms. The van der Waals surface area contributed by atoms with Gasteiger partial charge in [-0.05, 0) is 67.3 Å². The van der Waals surface area contributed by atoms with Gasteiger partial charge in [-0.3, -0.25) is 9.88 Å². The summed E-state index contributed by atoms with van der Waals surface area (Å²) in [5.41, 5.74) is 13.3. The van der Waals surface area contributed by atoms with Crippen molar-refractivity contribution in [3.8, 4) is 5.69 Å². The number of benzene rings is 1. The van der Waals surface area contributed by atoms with E-state index in [1.807, 2.05) is 12.1 Å². The molecule has 1 saturated carbocycles. The summed E-state index contributed by atoms with van der Waals surface area (Å²) in [5, 5.41) is 2.72. The lowest BCUT2D eigenvalue weighted by atomic mass is 10.1. The van der Waals surface area contributed by atoms with E-state index in [1.54, 1.807) is 17.2 Å². The fraction of sp³-hybridized carbons (Fsp3) is 0.542. The lowest BCUT2D eigenvalue weighted by molar-refractivity contribution is 0.195. The minimum atomic E-state index is -0.424. The number of hydrogen-bond donors (Lipinski definition) is 3. The van der Waals surface area contributed by atoms with Gasteiger partial charge in [0.2, 0.25) is 0 Å². The second-order valence-electron chi connectivity index (χ2n) is 9.62. The molecule has 2 saturated heterocycles. The van der Waals surface area contributed by atoms with Crippen molar-refractivity contribution < 1.29 is 4.79 Å². The van der Waals surface area contributed by atoms with Crippen LogP contribution >= 0.6 is 0 Å². The Labute approximate surface area is 193 Å². The van der Waals surface area contributed by atoms with Crippen molar-refractivity contribution in [1.29, 1.82) is 0 Å². The van der Waals surface area contributed by atoms with Gasteiger partial charge >= 0.3 is 11.7 Å². The topological polar surface area (TPSA) is 123 Å². The van der Waals surface area contributed by atoms with Crippen LogP contribution in [0.4, 0.5) is 10.6 Å². The number of aromatic nitrogens is 2. The summed E-state index contributed by atoms with van der Waals surface area (Å²) in [6.45, 7) is 5.48. The first kappa shape index (κ1) is 22.1. The van der Waals surface area contributed by atoms with Crippen LogP contribution in [0.1, 0.15) is 18.4 Å². The molecule has 3 atom stereocenters. The van der Waals surface area contributed by atoms with Crippen LogP contribution in [-0.2, 0) is 6.42 Å². The van der Waals surface area contributed by atoms with Crippen LogP contribution in [0.15, 0.2) is 41.3 Å². The van der Waals surface area contributed by atoms with Crippen LogP contribution in [0.5, 0.6) is 0 Å². The van der Waals surface area contributed by atoms with Crippen LogP contribution in [-0.4, -0.2) is 70.7 Å². The number of nitrogens with zero attached hydrogens (tertiary/aromatic N) is 4. The van der Waals surface area contributed by atoms with Crippen molar-refractivity contribution in [2.24, 2.45) is 29.2 Å². The average molecular weight is 452 g/mol. The first-order chi connectivity index (χ1) is 16.0. The van der Waals surface area contributed by atoms with E-state index in [2.05, 4.69) is 27.3 Å². The summed E-state index contributed by atoms with van der Waals surface area (Å²) in [5.74, 6) is 2.66. The zero-order chi connectivity index (χ0) is 22.9. The Morgan fingerprint density at radius 3 is 2.42 bits per heavy atom. The number of piperidine rings is 2. The molecule has 5 rings (SSSR count). The molecule has 3 heterocycles. The first-order valence-electron chi connectivity index (χ1n) is 11.9. The Kier molecular flexibility index (Phi) is 6.18. The molecular formula is C24H33N7O2. The average Bonchev–Trinajstić information content (AvgIpc) is 3.30. The molecule has 9 nitrogen and oxygen atoms in total. The Hall–Kier alpha value is -2.75. The van der Waals surface area contributed by atoms with Gasteiger partial charge in [-0.25, -0.2) is 9.59 Å². The summed E-state index contributed by atoms with van der Waals surface area (Å²) < 4.78 is 1.49. The predicted molar refractivity (Wildman–Crippen MR) is 127 cm³/mol. The molecular weight excluding hydrogens is 418 g/mol. The molecule has 1 aromatic carbocycles. The van der Waals surface area contributed by atoms with E-state index >= 15 is 0 Å². The zero-order valence-corrected chi connectivity index (χ0v) is 18.9. The van der Waals surface area contributed by atoms with Crippen LogP contribution in [0.2, 0.25) is 0 Å². The number of anilines is 1. The molecule has 3 fully saturated rings. The smallest absolute Gasteiger partial charge is 0.330 e. The highest BCUT2D eigenvalue weighted by Gasteiger charge is 2.54. The monoisotopic (exact) mass is 451 g/mol. The predicted octanol–water partition coefficient (Wildman–Crippen LogP) is 0.867. The number of rotatable bonds is 6. The summed E-state index contributed by atoms with van der Waals surface area (Å²) in [6, 6.07) is 9.58. The van der Waals surface area contributed by atoms with E-state index in [0.29, 0.717) is 13.1 Å². The Morgan fingerprint density at radius 2 is 1.79 bits per heavy atom. The maximum Gasteiger partial charge on any atom is 0.354 e. The van der Waals surface area contributed by atoms with E-state index in [0.717, 1.165) is 55.8 Å². The van der Waals surface area contributed by atoms with Gasteiger partial charge < -0.3 is 21.3 Å². The van der Waals surface area contributed by atoms with Gasteiger partial charge in [-0.15, -0.1) is 0 Å². The van der Waals surface area contributed by atoms with Gasteiger partial charge in [-0.1, -0.05) is 12.1 Å². The molecule has 1 unspecified atom stereocenters. The quantitative estimate of drug-likeness (QED) is 0.599. The molecule has 3 aliphatic rings. The number of nitrogens with two attached hydrogens (primary N) is 2. The summed E-state index contributed by atoms with van der Waals surface area (Å²) in [4.78, 5) is 33.3. The first-order valence-corrected chi connectivity index (χ1v) is 11.9. The highest BCUT2D eigenvalue weighted by atomic mass is 16.2. The molecule has 0 radical (unpaired) electrons. The number of fused-ring (bicyclic) bond motifs is 1. The van der Waals surface area contributed by atoms with Gasteiger partial charge in [0.05, 0.1) is 5.69 Å². The highest BCUT2D eigenvalue weighted by Crippen LogP contribution is 2.50. The molecule has 33 heavy (non-hydrogen) atoms. The second-order valence-corrected chi connectivity index (χ2v) is 9.62. The number of carbonyl (C=O) groups excluding carboxylic acids is 1. The fourth-order valence-electron chi connectivity index (χ4n) is 5.34. The number of carbonyl (C=O) groups is 1. The van der Waals surface area contributed by atoms with E-state index in [-0.39, 0.29) is 17.9 Å². The minimum absolute atomic E-state index is 0.150. The van der Waals surface area contributed by atoms with Crippen molar-refractivity contribution >= 4 is 11.8 Å². The van der Waals surface area contributed by atoms with Crippen molar-refractivity contribution in [2.45, 2.75) is 25.3 Å². The van der Waals surface area contributed by atoms with Crippen molar-refractivity contribution in [3.05, 3.63) is 52.6 Å². The molecule has 176 valence electrons. The number of nitrogens with one attached hydrogen (secondary N) is 1. The SMILES string of the molecule is NCC1[C@H]2CN(CCc3ccc(-n4ccc(NC(=O)N5CCC(N)CC5)nc4=O)cc3)C[C@@H]12. The van der Waals surface area contributed by atoms with Crippen molar-refractivity contribution in [2.75, 3.05) is 44.6 Å². The lowest BCUT2D eigenvalue weighted by Gasteiger charge is -2.29. The second kappa shape index (κ2) is 9.24. The number of urea groups is 1. The molecule has 5 N–H and O–H groups in total. The van der Waals surface area contributed by atoms with Crippen LogP contribution in [0.25, 0.3) is 5.69 Å². The third-order valence-corrected chi connectivity index (χ3v) is 7.52. The number of hydrogen-bond acceptors (Lipinski definition) is 6. The molecule has 9 heteroatoms. The Balaban J connectivity index is 1.15. The third-order valence-electron chi connectivity index (χ3n) is 7.52. The normalized spacial score (nSPS) is 25.2. The van der Waals surface area contributed by atoms with E-state index in [1.165, 1.54) is 23.2 Å². The fourth-order valence-corrected chi connectivity index (χ4v) is 5.34. The standard InChI is InChI=1S/C24H33N7O2/c25-13-19-20-14-29(15-21(19)20)9-5-16-1-3-18(4-2-16)31-12-8-22(28-24(31)33)27-23(32)30-10-6-17(26)7-11-30/h1-4,8,12,17,19-21H,5-7,9-11,13-15,25-26H2,(H,27,28,32,33)/t19?,20-,21+. The highest BCUT2D eigenvalue weighted by molar-refractivity contribution is 5.88. The maximum atomic E-state index is 12.6. The molecule has 1 aliphatic carbocycles. The van der Waals surface area contributed by atoms with Gasteiger partial charge in [0.1, 0.15) is 5.82 Å². The van der Waals surface area contributed by atoms with Gasteiger partial charge in [0.15, 0.2) is 0 Å². The summed E-state index contributed by atoms with van der Waals surface area (Å²) in [7, 11) is 0. The number of likely N-dealkylation sites (tertiary alicyclic amines) is 2. The van der Waals surface area contributed by atoms with Crippen molar-refractivity contribution in [1.82, 2.24) is 19.4 Å². The molecule has 2 aliphatic heterocycles. The third kappa shape index (κ3) is 4.80. The van der Waals surface area contributed by atoms with Gasteiger partial charge in [0.25, 0.3) is 0 Å². The molecule has 2 amide bonds. The summed E-state index contributed by atoms with van der Waals surface area (Å²) >= 11 is 0. The van der Waals surface area contributed by atoms with Gasteiger partial charge in [0, 0.05) is 45.0 Å². The molecule has 2 aromatic rings. The van der Waals surface area contributed by atoms with Crippen LogP contribution in [0.3, 0.4) is 0 Å². The zero-order valence-electron chi connectivity index (χ0n) is 18.9. The minimum Gasteiger partial charge on any atom is -0.330 e. The lowest BCUT2D eigenvalue weighted by Crippen LogP contribution is -2.44. The van der Waals surface area contributed by atoms with E-state index < -0.39 is 5.69 Å². The maximum absolute atomic E-state index is 12.6. The Bertz CT molecular complexity index is 1030.